The molecule has 4 heteroatoms. The Bertz CT molecular complexity index is 359. The van der Waals surface area contributed by atoms with Crippen molar-refractivity contribution in [1.82, 2.24) is 9.97 Å². The molecule has 1 aromatic heterocycles. The lowest BCUT2D eigenvalue weighted by atomic mass is 10.1. The summed E-state index contributed by atoms with van der Waals surface area (Å²) in [7, 11) is 1.66. The molecule has 0 spiro atoms. The Labute approximate surface area is 89.5 Å². The van der Waals surface area contributed by atoms with Gasteiger partial charge >= 0.3 is 0 Å². The minimum atomic E-state index is -0.0459. The maximum atomic E-state index is 5.19. The minimum Gasteiger partial charge on any atom is -0.374 e. The van der Waals surface area contributed by atoms with E-state index in [0.717, 1.165) is 11.5 Å². The number of nitrogens with one attached hydrogen (secondary N) is 1. The lowest BCUT2D eigenvalue weighted by Gasteiger charge is -2.12. The molecule has 0 bridgehead atoms. The molecule has 1 atom stereocenters. The molecule has 1 aromatic rings. The van der Waals surface area contributed by atoms with Gasteiger partial charge in [0.1, 0.15) is 16.6 Å². The van der Waals surface area contributed by atoms with Gasteiger partial charge in [-0.25, -0.2) is 4.98 Å². The average molecular weight is 212 g/mol. The molecule has 14 heavy (non-hydrogen) atoms. The number of H-pyrrole nitrogens is 1. The van der Waals surface area contributed by atoms with E-state index in [-0.39, 0.29) is 6.10 Å². The van der Waals surface area contributed by atoms with Crippen molar-refractivity contribution in [3.05, 3.63) is 22.2 Å². The molecular formula is C10H16N2OS. The van der Waals surface area contributed by atoms with Crippen molar-refractivity contribution in [2.45, 2.75) is 32.8 Å². The molecule has 1 rings (SSSR count). The molecule has 0 amide bonds. The molecular weight excluding hydrogens is 196 g/mol. The second kappa shape index (κ2) is 4.66. The average Bonchev–Trinajstić information content (AvgIpc) is 2.15. The first kappa shape index (κ1) is 11.3. The second-order valence-corrected chi connectivity index (χ2v) is 4.01. The van der Waals surface area contributed by atoms with E-state index in [1.807, 2.05) is 13.0 Å². The van der Waals surface area contributed by atoms with Crippen LogP contribution in [0.15, 0.2) is 6.07 Å². The lowest BCUT2D eigenvalue weighted by molar-refractivity contribution is 0.111. The number of hydrogen-bond donors (Lipinski definition) is 1. The van der Waals surface area contributed by atoms with Crippen LogP contribution in [0.5, 0.6) is 0 Å². The Hall–Kier alpha value is -0.740. The van der Waals surface area contributed by atoms with E-state index in [1.54, 1.807) is 7.11 Å². The van der Waals surface area contributed by atoms with Gasteiger partial charge < -0.3 is 9.72 Å². The standard InChI is InChI=1S/C10H16N2OS/c1-6(2)8-5-9(14)12-10(11-8)7(3)13-4/h5-7H,1-4H3,(H,11,12,14). The summed E-state index contributed by atoms with van der Waals surface area (Å²) in [6, 6.07) is 1.89. The zero-order valence-electron chi connectivity index (χ0n) is 9.00. The Kier molecular flexibility index (Phi) is 3.77. The van der Waals surface area contributed by atoms with Crippen molar-refractivity contribution < 1.29 is 4.74 Å². The van der Waals surface area contributed by atoms with E-state index in [1.165, 1.54) is 0 Å². The number of ether oxygens (including phenoxy) is 1. The molecule has 0 aliphatic heterocycles. The predicted octanol–water partition coefficient (Wildman–Crippen LogP) is 2.97. The molecule has 3 nitrogen and oxygen atoms in total. The van der Waals surface area contributed by atoms with Gasteiger partial charge in [0, 0.05) is 12.8 Å². The van der Waals surface area contributed by atoms with Crippen molar-refractivity contribution in [1.29, 1.82) is 0 Å². The van der Waals surface area contributed by atoms with Crippen LogP contribution in [0, 0.1) is 4.64 Å². The molecule has 0 saturated carbocycles. The van der Waals surface area contributed by atoms with Gasteiger partial charge in [0.05, 0.1) is 0 Å². The first-order valence-electron chi connectivity index (χ1n) is 4.68. The SMILES string of the molecule is COC(C)c1nc(=S)cc(C(C)C)[nH]1. The van der Waals surface area contributed by atoms with Gasteiger partial charge in [-0.3, -0.25) is 0 Å². The Morgan fingerprint density at radius 2 is 2.07 bits per heavy atom. The summed E-state index contributed by atoms with van der Waals surface area (Å²) in [5.74, 6) is 1.21. The smallest absolute Gasteiger partial charge is 0.136 e. The Morgan fingerprint density at radius 3 is 2.57 bits per heavy atom. The summed E-state index contributed by atoms with van der Waals surface area (Å²) in [6.07, 6.45) is -0.0459. The molecule has 0 aromatic carbocycles. The predicted molar refractivity (Wildman–Crippen MR) is 58.9 cm³/mol. The zero-order chi connectivity index (χ0) is 10.7. The van der Waals surface area contributed by atoms with E-state index < -0.39 is 0 Å². The number of methoxy groups -OCH3 is 1. The minimum absolute atomic E-state index is 0.0459. The highest BCUT2D eigenvalue weighted by Gasteiger charge is 2.08. The third-order valence-corrected chi connectivity index (χ3v) is 2.35. The molecule has 0 saturated heterocycles. The van der Waals surface area contributed by atoms with Crippen LogP contribution in [0.3, 0.4) is 0 Å². The number of aromatic nitrogens is 2. The van der Waals surface area contributed by atoms with E-state index in [2.05, 4.69) is 23.8 Å². The summed E-state index contributed by atoms with van der Waals surface area (Å²) in [5, 5.41) is 0. The van der Waals surface area contributed by atoms with Crippen molar-refractivity contribution in [3.8, 4) is 0 Å². The van der Waals surface area contributed by atoms with Crippen LogP contribution in [0.4, 0.5) is 0 Å². The Morgan fingerprint density at radius 1 is 1.43 bits per heavy atom. The topological polar surface area (TPSA) is 37.9 Å². The van der Waals surface area contributed by atoms with Gasteiger partial charge in [-0.15, -0.1) is 0 Å². The van der Waals surface area contributed by atoms with Crippen molar-refractivity contribution in [3.63, 3.8) is 0 Å². The molecule has 1 unspecified atom stereocenters. The van der Waals surface area contributed by atoms with Crippen LogP contribution in [0.25, 0.3) is 0 Å². The molecule has 78 valence electrons. The number of rotatable bonds is 3. The molecule has 0 aliphatic carbocycles. The maximum Gasteiger partial charge on any atom is 0.136 e. The monoisotopic (exact) mass is 212 g/mol. The quantitative estimate of drug-likeness (QED) is 0.783. The van der Waals surface area contributed by atoms with E-state index in [4.69, 9.17) is 17.0 Å². The van der Waals surface area contributed by atoms with E-state index in [0.29, 0.717) is 10.6 Å². The number of nitrogens with zero attached hydrogens (tertiary/aromatic N) is 1. The molecule has 0 radical (unpaired) electrons. The van der Waals surface area contributed by atoms with Crippen LogP contribution in [-0.2, 0) is 4.74 Å². The lowest BCUT2D eigenvalue weighted by Crippen LogP contribution is -2.06. The van der Waals surface area contributed by atoms with Crippen molar-refractivity contribution in [2.75, 3.05) is 7.11 Å². The highest BCUT2D eigenvalue weighted by molar-refractivity contribution is 7.71. The van der Waals surface area contributed by atoms with Gasteiger partial charge in [-0.1, -0.05) is 26.1 Å². The van der Waals surface area contributed by atoms with Gasteiger partial charge in [0.2, 0.25) is 0 Å². The molecule has 0 fully saturated rings. The largest absolute Gasteiger partial charge is 0.374 e. The summed E-state index contributed by atoms with van der Waals surface area (Å²) in [4.78, 5) is 7.45. The highest BCUT2D eigenvalue weighted by atomic mass is 32.1. The summed E-state index contributed by atoms with van der Waals surface area (Å²) >= 11 is 5.09. The van der Waals surface area contributed by atoms with Gasteiger partial charge in [-0.2, -0.15) is 0 Å². The third kappa shape index (κ3) is 2.62. The van der Waals surface area contributed by atoms with Gasteiger partial charge in [0.25, 0.3) is 0 Å². The van der Waals surface area contributed by atoms with Crippen LogP contribution in [0.1, 0.15) is 44.3 Å². The van der Waals surface area contributed by atoms with Gasteiger partial charge in [0.15, 0.2) is 0 Å². The molecule has 0 aliphatic rings. The summed E-state index contributed by atoms with van der Waals surface area (Å²) < 4.78 is 5.80. The molecule has 1 N–H and O–H groups in total. The normalized spacial score (nSPS) is 13.2. The number of hydrogen-bond acceptors (Lipinski definition) is 3. The van der Waals surface area contributed by atoms with Crippen LogP contribution in [-0.4, -0.2) is 17.1 Å². The fraction of sp³-hybridized carbons (Fsp3) is 0.600. The van der Waals surface area contributed by atoms with Crippen molar-refractivity contribution >= 4 is 12.2 Å². The summed E-state index contributed by atoms with van der Waals surface area (Å²) in [5.41, 5.74) is 1.10. The van der Waals surface area contributed by atoms with Gasteiger partial charge in [-0.05, 0) is 18.9 Å². The highest BCUT2D eigenvalue weighted by Crippen LogP contribution is 2.15. The fourth-order valence-electron chi connectivity index (χ4n) is 1.11. The Balaban J connectivity index is 3.13. The van der Waals surface area contributed by atoms with Crippen LogP contribution < -0.4 is 0 Å². The third-order valence-electron chi connectivity index (χ3n) is 2.14. The maximum absolute atomic E-state index is 5.19. The van der Waals surface area contributed by atoms with Crippen molar-refractivity contribution in [2.24, 2.45) is 0 Å². The fourth-order valence-corrected chi connectivity index (χ4v) is 1.34. The van der Waals surface area contributed by atoms with E-state index in [9.17, 15) is 0 Å². The van der Waals surface area contributed by atoms with Crippen LogP contribution >= 0.6 is 12.2 Å². The summed E-state index contributed by atoms with van der Waals surface area (Å²) in [6.45, 7) is 6.17. The zero-order valence-corrected chi connectivity index (χ0v) is 9.81. The first-order valence-corrected chi connectivity index (χ1v) is 5.09. The van der Waals surface area contributed by atoms with Crippen LogP contribution in [0.2, 0.25) is 0 Å². The second-order valence-electron chi connectivity index (χ2n) is 3.59. The number of aromatic amines is 1. The molecule has 1 heterocycles. The van der Waals surface area contributed by atoms with E-state index >= 15 is 0 Å². The first-order chi connectivity index (χ1) is 6.54.